The molecular weight excluding hydrogens is 273 g/mol. The zero-order chi connectivity index (χ0) is 14.9. The molecule has 1 amide bonds. The second-order valence-corrected chi connectivity index (χ2v) is 4.25. The van der Waals surface area contributed by atoms with Crippen LogP contribution in [0.15, 0.2) is 18.5 Å². The van der Waals surface area contributed by atoms with Crippen molar-refractivity contribution in [2.75, 3.05) is 0 Å². The molecule has 0 fully saturated rings. The van der Waals surface area contributed by atoms with Gasteiger partial charge in [-0.05, 0) is 19.1 Å². The first-order chi connectivity index (χ1) is 9.40. The second kappa shape index (κ2) is 5.32. The fourth-order valence-electron chi connectivity index (χ4n) is 1.72. The van der Waals surface area contributed by atoms with Gasteiger partial charge in [0.1, 0.15) is 6.33 Å². The van der Waals surface area contributed by atoms with Crippen LogP contribution in [0.3, 0.4) is 0 Å². The van der Waals surface area contributed by atoms with E-state index in [0.29, 0.717) is 18.0 Å². The molecule has 0 aliphatic carbocycles. The van der Waals surface area contributed by atoms with E-state index in [2.05, 4.69) is 15.5 Å². The lowest BCUT2D eigenvalue weighted by Gasteiger charge is -2.13. The number of amides is 1. The van der Waals surface area contributed by atoms with Crippen LogP contribution in [0, 0.1) is 17.5 Å². The second-order valence-electron chi connectivity index (χ2n) is 4.25. The minimum Gasteiger partial charge on any atom is -0.342 e. The first kappa shape index (κ1) is 14.0. The van der Waals surface area contributed by atoms with Crippen LogP contribution >= 0.6 is 0 Å². The van der Waals surface area contributed by atoms with Crippen LogP contribution in [0.4, 0.5) is 13.2 Å². The van der Waals surface area contributed by atoms with Gasteiger partial charge in [0, 0.05) is 12.6 Å². The smallest absolute Gasteiger partial charge is 0.252 e. The van der Waals surface area contributed by atoms with Crippen molar-refractivity contribution < 1.29 is 18.0 Å². The number of halogens is 3. The lowest BCUT2D eigenvalue weighted by atomic mass is 10.1. The molecule has 1 atom stereocenters. The van der Waals surface area contributed by atoms with Crippen LogP contribution in [0.25, 0.3) is 0 Å². The molecule has 0 saturated heterocycles. The van der Waals surface area contributed by atoms with E-state index in [9.17, 15) is 18.0 Å². The monoisotopic (exact) mass is 284 g/mol. The summed E-state index contributed by atoms with van der Waals surface area (Å²) in [5.74, 6) is -4.70. The zero-order valence-electron chi connectivity index (χ0n) is 10.7. The molecule has 1 heterocycles. The molecule has 0 aliphatic rings. The highest BCUT2D eigenvalue weighted by Crippen LogP contribution is 2.15. The SMILES string of the molecule is CC(NC(=O)c1cc(F)c(F)c(F)c1)c1nncn1C. The van der Waals surface area contributed by atoms with E-state index in [1.165, 1.54) is 6.33 Å². The fourth-order valence-corrected chi connectivity index (χ4v) is 1.72. The lowest BCUT2D eigenvalue weighted by molar-refractivity contribution is 0.0936. The van der Waals surface area contributed by atoms with Gasteiger partial charge in [-0.2, -0.15) is 0 Å². The number of rotatable bonds is 3. The number of nitrogens with one attached hydrogen (secondary N) is 1. The minimum absolute atomic E-state index is 0.310. The van der Waals surface area contributed by atoms with Gasteiger partial charge in [0.15, 0.2) is 23.3 Å². The van der Waals surface area contributed by atoms with E-state index in [-0.39, 0.29) is 5.56 Å². The molecule has 0 spiro atoms. The molecule has 1 aromatic carbocycles. The average Bonchev–Trinajstić information content (AvgIpc) is 2.81. The van der Waals surface area contributed by atoms with Crippen LogP contribution in [-0.4, -0.2) is 20.7 Å². The molecule has 106 valence electrons. The maximum Gasteiger partial charge on any atom is 0.252 e. The molecule has 1 N–H and O–H groups in total. The number of carbonyl (C=O) groups excluding carboxylic acids is 1. The van der Waals surface area contributed by atoms with E-state index in [1.54, 1.807) is 18.5 Å². The molecule has 0 radical (unpaired) electrons. The Morgan fingerprint density at radius 2 is 1.90 bits per heavy atom. The first-order valence-electron chi connectivity index (χ1n) is 5.69. The molecule has 0 saturated carbocycles. The maximum atomic E-state index is 13.1. The Morgan fingerprint density at radius 3 is 2.40 bits per heavy atom. The topological polar surface area (TPSA) is 59.8 Å². The largest absolute Gasteiger partial charge is 0.342 e. The van der Waals surface area contributed by atoms with Gasteiger partial charge >= 0.3 is 0 Å². The Morgan fingerprint density at radius 1 is 1.30 bits per heavy atom. The van der Waals surface area contributed by atoms with Crippen LogP contribution in [0.2, 0.25) is 0 Å². The van der Waals surface area contributed by atoms with Crippen molar-refractivity contribution >= 4 is 5.91 Å². The molecule has 2 rings (SSSR count). The fraction of sp³-hybridized carbons (Fsp3) is 0.250. The summed E-state index contributed by atoms with van der Waals surface area (Å²) < 4.78 is 40.5. The van der Waals surface area contributed by atoms with Gasteiger partial charge in [-0.25, -0.2) is 13.2 Å². The van der Waals surface area contributed by atoms with Gasteiger partial charge in [-0.15, -0.1) is 10.2 Å². The Labute approximate surface area is 112 Å². The van der Waals surface area contributed by atoms with Gasteiger partial charge in [-0.3, -0.25) is 4.79 Å². The molecule has 1 unspecified atom stereocenters. The van der Waals surface area contributed by atoms with Crippen LogP contribution in [-0.2, 0) is 7.05 Å². The minimum atomic E-state index is -1.61. The number of benzene rings is 1. The van der Waals surface area contributed by atoms with Gasteiger partial charge < -0.3 is 9.88 Å². The van der Waals surface area contributed by atoms with Crippen LogP contribution in [0.5, 0.6) is 0 Å². The highest BCUT2D eigenvalue weighted by atomic mass is 19.2. The predicted molar refractivity (Wildman–Crippen MR) is 63.2 cm³/mol. The van der Waals surface area contributed by atoms with Crippen molar-refractivity contribution in [3.05, 3.63) is 47.3 Å². The number of carbonyl (C=O) groups is 1. The number of hydrogen-bond donors (Lipinski definition) is 1. The van der Waals surface area contributed by atoms with E-state index in [0.717, 1.165) is 0 Å². The summed E-state index contributed by atoms with van der Waals surface area (Å²) in [6.45, 7) is 1.64. The molecule has 2 aromatic rings. The summed E-state index contributed by atoms with van der Waals surface area (Å²) in [6.07, 6.45) is 1.45. The third-order valence-electron chi connectivity index (χ3n) is 2.73. The third kappa shape index (κ3) is 2.63. The van der Waals surface area contributed by atoms with Gasteiger partial charge in [0.25, 0.3) is 5.91 Å². The normalized spacial score (nSPS) is 12.2. The molecule has 0 aliphatic heterocycles. The standard InChI is InChI=1S/C12H11F3N4O/c1-6(11-18-16-5-19(11)2)17-12(20)7-3-8(13)10(15)9(14)4-7/h3-6H,1-2H3,(H,17,20). The molecular formula is C12H11F3N4O. The molecule has 1 aromatic heterocycles. The third-order valence-corrected chi connectivity index (χ3v) is 2.73. The lowest BCUT2D eigenvalue weighted by Crippen LogP contribution is -2.28. The molecule has 8 heteroatoms. The van der Waals surface area contributed by atoms with E-state index in [4.69, 9.17) is 0 Å². The number of aryl methyl sites for hydroxylation is 1. The Balaban J connectivity index is 2.19. The first-order valence-corrected chi connectivity index (χ1v) is 5.69. The van der Waals surface area contributed by atoms with Crippen molar-refractivity contribution in [3.8, 4) is 0 Å². The van der Waals surface area contributed by atoms with Crippen molar-refractivity contribution in [2.45, 2.75) is 13.0 Å². The van der Waals surface area contributed by atoms with Crippen molar-refractivity contribution in [1.82, 2.24) is 20.1 Å². The van der Waals surface area contributed by atoms with Crippen LogP contribution < -0.4 is 5.32 Å². The number of nitrogens with zero attached hydrogens (tertiary/aromatic N) is 3. The molecule has 20 heavy (non-hydrogen) atoms. The summed E-state index contributed by atoms with van der Waals surface area (Å²) in [7, 11) is 1.69. The highest BCUT2D eigenvalue weighted by molar-refractivity contribution is 5.94. The Hall–Kier alpha value is -2.38. The van der Waals surface area contributed by atoms with Gasteiger partial charge in [-0.1, -0.05) is 0 Å². The number of aromatic nitrogens is 3. The summed E-state index contributed by atoms with van der Waals surface area (Å²) in [5, 5.41) is 9.95. The quantitative estimate of drug-likeness (QED) is 0.873. The molecule has 0 bridgehead atoms. The predicted octanol–water partition coefficient (Wildman–Crippen LogP) is 1.72. The van der Waals surface area contributed by atoms with E-state index >= 15 is 0 Å². The Bertz CT molecular complexity index is 633. The van der Waals surface area contributed by atoms with Crippen molar-refractivity contribution in [1.29, 1.82) is 0 Å². The zero-order valence-corrected chi connectivity index (χ0v) is 10.7. The summed E-state index contributed by atoms with van der Waals surface area (Å²) in [4.78, 5) is 11.9. The van der Waals surface area contributed by atoms with Gasteiger partial charge in [0.05, 0.1) is 6.04 Å². The van der Waals surface area contributed by atoms with Crippen molar-refractivity contribution in [3.63, 3.8) is 0 Å². The molecule has 5 nitrogen and oxygen atoms in total. The van der Waals surface area contributed by atoms with Gasteiger partial charge in [0.2, 0.25) is 0 Å². The van der Waals surface area contributed by atoms with E-state index < -0.39 is 29.4 Å². The van der Waals surface area contributed by atoms with Crippen molar-refractivity contribution in [2.24, 2.45) is 7.05 Å². The highest BCUT2D eigenvalue weighted by Gasteiger charge is 2.18. The Kier molecular flexibility index (Phi) is 3.73. The number of hydrogen-bond acceptors (Lipinski definition) is 3. The summed E-state index contributed by atoms with van der Waals surface area (Å²) in [6, 6.07) is 0.750. The summed E-state index contributed by atoms with van der Waals surface area (Å²) >= 11 is 0. The average molecular weight is 284 g/mol. The van der Waals surface area contributed by atoms with E-state index in [1.807, 2.05) is 0 Å². The van der Waals surface area contributed by atoms with Crippen LogP contribution in [0.1, 0.15) is 29.1 Å². The maximum absolute atomic E-state index is 13.1. The summed E-state index contributed by atoms with van der Waals surface area (Å²) in [5.41, 5.74) is -0.310.